The smallest absolute Gasteiger partial charge is 0.296 e. The van der Waals surface area contributed by atoms with Crippen molar-refractivity contribution < 1.29 is 13.0 Å². The van der Waals surface area contributed by atoms with E-state index in [1.54, 1.807) is 43.5 Å². The zero-order chi connectivity index (χ0) is 21.3. The molecule has 0 aliphatic rings. The van der Waals surface area contributed by atoms with Gasteiger partial charge in [-0.15, -0.1) is 5.11 Å². The van der Waals surface area contributed by atoms with Crippen LogP contribution in [0.5, 0.6) is 0 Å². The molecule has 0 saturated heterocycles. The average Bonchev–Trinajstić information content (AvgIpc) is 2.72. The second-order valence-electron chi connectivity index (χ2n) is 5.76. The fourth-order valence-corrected chi connectivity index (χ4v) is 2.65. The normalized spacial score (nSPS) is 13.2. The Kier molecular flexibility index (Phi) is 7.70. The van der Waals surface area contributed by atoms with Crippen LogP contribution in [0.1, 0.15) is 6.92 Å². The van der Waals surface area contributed by atoms with Gasteiger partial charge in [-0.25, -0.2) is 0 Å². The molecule has 0 bridgehead atoms. The summed E-state index contributed by atoms with van der Waals surface area (Å²) in [5.74, 6) is 0. The van der Waals surface area contributed by atoms with E-state index in [9.17, 15) is 13.0 Å². The van der Waals surface area contributed by atoms with Crippen LogP contribution in [0.3, 0.4) is 0 Å². The molecule has 2 rings (SSSR count). The van der Waals surface area contributed by atoms with Crippen LogP contribution in [0, 0.1) is 0 Å². The summed E-state index contributed by atoms with van der Waals surface area (Å²) in [5, 5.41) is 18.9. The van der Waals surface area contributed by atoms with E-state index in [1.807, 2.05) is 13.0 Å². The number of rotatable bonds is 8. The molecule has 0 heterocycles. The van der Waals surface area contributed by atoms with Crippen molar-refractivity contribution in [3.63, 3.8) is 0 Å². The predicted molar refractivity (Wildman–Crippen MR) is 112 cm³/mol. The quantitative estimate of drug-likeness (QED) is 0.333. The number of azo groups is 2. The summed E-state index contributed by atoms with van der Waals surface area (Å²) >= 11 is 0. The molecule has 0 unspecified atom stereocenters. The molecular weight excluding hydrogens is 390 g/mol. The van der Waals surface area contributed by atoms with Gasteiger partial charge in [-0.05, 0) is 55.5 Å². The molecule has 0 spiro atoms. The fraction of sp³-hybridized carbons (Fsp3) is 0.100. The summed E-state index contributed by atoms with van der Waals surface area (Å²) < 4.78 is 33.1. The highest BCUT2D eigenvalue weighted by molar-refractivity contribution is 7.86. The molecule has 2 N–H and O–H groups in total. The minimum absolute atomic E-state index is 0.0340. The minimum Gasteiger partial charge on any atom is -0.392 e. The zero-order valence-corrected chi connectivity index (χ0v) is 16.8. The molecular formula is C20H21N5O3S. The Morgan fingerprint density at radius 3 is 2.34 bits per heavy atom. The van der Waals surface area contributed by atoms with Crippen LogP contribution in [0.25, 0.3) is 0 Å². The first-order chi connectivity index (χ1) is 13.8. The van der Waals surface area contributed by atoms with E-state index in [4.69, 9.17) is 0 Å². The van der Waals surface area contributed by atoms with Crippen molar-refractivity contribution in [3.05, 3.63) is 84.7 Å². The van der Waals surface area contributed by atoms with Crippen LogP contribution < -0.4 is 5.32 Å². The maximum Gasteiger partial charge on any atom is 0.296 e. The number of hydrogen-bond acceptors (Lipinski definition) is 7. The Morgan fingerprint density at radius 1 is 1.03 bits per heavy atom. The summed E-state index contributed by atoms with van der Waals surface area (Å²) in [6.45, 7) is 5.52. The van der Waals surface area contributed by atoms with Gasteiger partial charge < -0.3 is 5.32 Å². The first kappa shape index (κ1) is 21.9. The number of allylic oxidation sites excluding steroid dienone is 4. The molecule has 9 heteroatoms. The van der Waals surface area contributed by atoms with E-state index in [2.05, 4.69) is 32.4 Å². The van der Waals surface area contributed by atoms with Gasteiger partial charge in [0.05, 0.1) is 17.1 Å². The number of nitrogens with zero attached hydrogens (tertiary/aromatic N) is 4. The van der Waals surface area contributed by atoms with Crippen LogP contribution in [0.15, 0.2) is 110 Å². The van der Waals surface area contributed by atoms with Crippen LogP contribution in [0.2, 0.25) is 0 Å². The van der Waals surface area contributed by atoms with Gasteiger partial charge in [-0.2, -0.15) is 23.8 Å². The Labute approximate surface area is 169 Å². The molecule has 2 aromatic carbocycles. The van der Waals surface area contributed by atoms with Crippen molar-refractivity contribution in [3.8, 4) is 0 Å². The molecule has 0 saturated carbocycles. The maximum atomic E-state index is 11.8. The molecule has 0 aromatic heterocycles. The highest BCUT2D eigenvalue weighted by Crippen LogP contribution is 2.30. The SMILES string of the molecule is C=C/C(=C\C=C(/C)NC)N=Nc1ccc(N=Nc2ccccc2)cc1S(=O)(=O)O. The molecule has 29 heavy (non-hydrogen) atoms. The number of hydrogen-bond donors (Lipinski definition) is 2. The Balaban J connectivity index is 2.37. The lowest BCUT2D eigenvalue weighted by atomic mass is 10.3. The first-order valence-electron chi connectivity index (χ1n) is 8.52. The van der Waals surface area contributed by atoms with Crippen LogP contribution in [-0.4, -0.2) is 20.0 Å². The topological polar surface area (TPSA) is 116 Å². The van der Waals surface area contributed by atoms with Gasteiger partial charge >= 0.3 is 0 Å². The molecule has 0 aliphatic carbocycles. The second-order valence-corrected chi connectivity index (χ2v) is 7.15. The third kappa shape index (κ3) is 6.91. The Bertz CT molecular complexity index is 1090. The fourth-order valence-electron chi connectivity index (χ4n) is 2.01. The first-order valence-corrected chi connectivity index (χ1v) is 9.96. The summed E-state index contributed by atoms with van der Waals surface area (Å²) in [5.41, 5.74) is 2.12. The van der Waals surface area contributed by atoms with E-state index in [0.717, 1.165) is 5.70 Å². The summed E-state index contributed by atoms with van der Waals surface area (Å²) in [4.78, 5) is -0.420. The molecule has 150 valence electrons. The van der Waals surface area contributed by atoms with Crippen molar-refractivity contribution in [1.29, 1.82) is 0 Å². The zero-order valence-electron chi connectivity index (χ0n) is 16.0. The Morgan fingerprint density at radius 2 is 1.72 bits per heavy atom. The van der Waals surface area contributed by atoms with Gasteiger partial charge in [-0.1, -0.05) is 24.8 Å². The van der Waals surface area contributed by atoms with Crippen molar-refractivity contribution in [2.24, 2.45) is 20.5 Å². The Hall–Kier alpha value is -3.43. The predicted octanol–water partition coefficient (Wildman–Crippen LogP) is 5.63. The van der Waals surface area contributed by atoms with Gasteiger partial charge in [0.15, 0.2) is 0 Å². The molecule has 8 nitrogen and oxygen atoms in total. The third-order valence-corrected chi connectivity index (χ3v) is 4.52. The van der Waals surface area contributed by atoms with Gasteiger partial charge in [0, 0.05) is 12.7 Å². The molecule has 0 amide bonds. The lowest BCUT2D eigenvalue weighted by molar-refractivity contribution is 0.483. The summed E-state index contributed by atoms with van der Waals surface area (Å²) in [7, 11) is -2.76. The van der Waals surface area contributed by atoms with Gasteiger partial charge in [0.25, 0.3) is 10.1 Å². The second kappa shape index (κ2) is 10.2. The van der Waals surface area contributed by atoms with Crippen molar-refractivity contribution in [2.45, 2.75) is 11.8 Å². The standard InChI is InChI=1S/C20H21N5O3S/c1-4-16(11-10-15(2)21-3)22-25-19-13-12-18(14-20(19)29(26,27)28)24-23-17-8-6-5-7-9-17/h4-14,21H,1H2,2-3H3,(H,26,27,28)/b15-10+,16-11+,24-23?,25-22?. The molecule has 0 fully saturated rings. The summed E-state index contributed by atoms with van der Waals surface area (Å²) in [6, 6.07) is 13.1. The lowest BCUT2D eigenvalue weighted by Gasteiger charge is -2.03. The van der Waals surface area contributed by atoms with Gasteiger partial charge in [0.2, 0.25) is 0 Å². The van der Waals surface area contributed by atoms with E-state index in [1.165, 1.54) is 24.3 Å². The van der Waals surface area contributed by atoms with Crippen LogP contribution in [-0.2, 0) is 10.1 Å². The van der Waals surface area contributed by atoms with Crippen molar-refractivity contribution >= 4 is 27.2 Å². The maximum absolute atomic E-state index is 11.8. The van der Waals surface area contributed by atoms with Gasteiger partial charge in [-0.3, -0.25) is 4.55 Å². The largest absolute Gasteiger partial charge is 0.392 e. The van der Waals surface area contributed by atoms with Gasteiger partial charge in [0.1, 0.15) is 10.6 Å². The monoisotopic (exact) mass is 411 g/mol. The highest BCUT2D eigenvalue weighted by atomic mass is 32.2. The lowest BCUT2D eigenvalue weighted by Crippen LogP contribution is -2.00. The molecule has 0 atom stereocenters. The van der Waals surface area contributed by atoms with Crippen molar-refractivity contribution in [2.75, 3.05) is 7.05 Å². The molecule has 0 aliphatic heterocycles. The van der Waals surface area contributed by atoms with E-state index >= 15 is 0 Å². The minimum atomic E-state index is -4.55. The number of nitrogens with one attached hydrogen (secondary N) is 1. The van der Waals surface area contributed by atoms with E-state index in [0.29, 0.717) is 11.4 Å². The highest BCUT2D eigenvalue weighted by Gasteiger charge is 2.16. The molecule has 2 aromatic rings. The molecule has 0 radical (unpaired) electrons. The van der Waals surface area contributed by atoms with E-state index in [-0.39, 0.29) is 11.4 Å². The number of benzene rings is 2. The van der Waals surface area contributed by atoms with Crippen molar-refractivity contribution in [1.82, 2.24) is 5.32 Å². The summed E-state index contributed by atoms with van der Waals surface area (Å²) in [6.07, 6.45) is 4.91. The average molecular weight is 411 g/mol. The van der Waals surface area contributed by atoms with Crippen LogP contribution >= 0.6 is 0 Å². The third-order valence-electron chi connectivity index (χ3n) is 3.64. The van der Waals surface area contributed by atoms with Crippen LogP contribution in [0.4, 0.5) is 17.1 Å². The van der Waals surface area contributed by atoms with E-state index < -0.39 is 15.0 Å².